The molecule has 2 aliphatic rings. The summed E-state index contributed by atoms with van der Waals surface area (Å²) < 4.78 is 5.05. The number of para-hydroxylation sites is 1. The van der Waals surface area contributed by atoms with Crippen molar-refractivity contribution in [2.75, 3.05) is 6.61 Å². The van der Waals surface area contributed by atoms with Crippen molar-refractivity contribution < 1.29 is 14.3 Å². The molecular formula is C26H28N2O3S. The lowest BCUT2D eigenvalue weighted by atomic mass is 9.85. The number of carbonyl (C=O) groups is 2. The van der Waals surface area contributed by atoms with Gasteiger partial charge in [0.25, 0.3) is 5.91 Å². The highest BCUT2D eigenvalue weighted by Gasteiger charge is 2.41. The monoisotopic (exact) mass is 448 g/mol. The number of hydrogen-bond donors (Lipinski definition) is 0. The van der Waals surface area contributed by atoms with Crippen LogP contribution in [0, 0.1) is 5.92 Å². The van der Waals surface area contributed by atoms with Crippen LogP contribution in [0.5, 0.6) is 0 Å². The second-order valence-electron chi connectivity index (χ2n) is 8.19. The Labute approximate surface area is 193 Å². The quantitative estimate of drug-likeness (QED) is 0.413. The molecule has 0 N–H and O–H groups in total. The smallest absolute Gasteiger partial charge is 0.338 e. The van der Waals surface area contributed by atoms with Crippen molar-refractivity contribution in [3.05, 3.63) is 70.6 Å². The maximum absolute atomic E-state index is 13.5. The standard InChI is InChI=1S/C26H28N2O3S/c1-3-31-25(30)20-15-13-19(14-16-20)17-23-24(29)28(22-12-8-7-9-18(22)2)26(32-23)27-21-10-5-4-6-11-21/h4-6,10-11,13-18,22H,3,7-9,12H2,1-2H3/b23-17-,27-26?/t18-,22+/m1/s1. The van der Waals surface area contributed by atoms with Crippen molar-refractivity contribution in [2.45, 2.75) is 45.6 Å². The average Bonchev–Trinajstić information content (AvgIpc) is 3.10. The molecule has 0 aromatic heterocycles. The van der Waals surface area contributed by atoms with Crippen LogP contribution in [-0.4, -0.2) is 34.6 Å². The van der Waals surface area contributed by atoms with Gasteiger partial charge >= 0.3 is 5.97 Å². The number of rotatable bonds is 5. The Morgan fingerprint density at radius 2 is 1.84 bits per heavy atom. The molecule has 6 heteroatoms. The molecule has 2 fully saturated rings. The molecule has 5 nitrogen and oxygen atoms in total. The van der Waals surface area contributed by atoms with Crippen LogP contribution in [0.25, 0.3) is 6.08 Å². The van der Waals surface area contributed by atoms with Gasteiger partial charge in [0.1, 0.15) is 0 Å². The fraction of sp³-hybridized carbons (Fsp3) is 0.346. The first-order valence-electron chi connectivity index (χ1n) is 11.2. The van der Waals surface area contributed by atoms with Gasteiger partial charge in [-0.15, -0.1) is 0 Å². The number of nitrogens with zero attached hydrogens (tertiary/aromatic N) is 2. The van der Waals surface area contributed by atoms with Crippen molar-refractivity contribution in [1.82, 2.24) is 4.90 Å². The lowest BCUT2D eigenvalue weighted by molar-refractivity contribution is -0.124. The van der Waals surface area contributed by atoms with Gasteiger partial charge in [0.05, 0.1) is 22.8 Å². The molecule has 1 aliphatic heterocycles. The Bertz CT molecular complexity index is 1030. The Morgan fingerprint density at radius 3 is 2.53 bits per heavy atom. The summed E-state index contributed by atoms with van der Waals surface area (Å²) in [4.78, 5) is 32.8. The van der Waals surface area contributed by atoms with E-state index in [-0.39, 0.29) is 17.9 Å². The summed E-state index contributed by atoms with van der Waals surface area (Å²) in [6.07, 6.45) is 6.37. The zero-order chi connectivity index (χ0) is 22.5. The zero-order valence-corrected chi connectivity index (χ0v) is 19.3. The van der Waals surface area contributed by atoms with Crippen LogP contribution in [0.1, 0.15) is 55.5 Å². The molecule has 1 amide bonds. The van der Waals surface area contributed by atoms with E-state index in [0.29, 0.717) is 23.0 Å². The highest BCUT2D eigenvalue weighted by atomic mass is 32.2. The number of amides is 1. The number of thioether (sulfide) groups is 1. The molecule has 0 bridgehead atoms. The van der Waals surface area contributed by atoms with Crippen LogP contribution >= 0.6 is 11.8 Å². The maximum atomic E-state index is 13.5. The van der Waals surface area contributed by atoms with E-state index in [1.165, 1.54) is 18.2 Å². The minimum atomic E-state index is -0.340. The number of aliphatic imine (C=N–C) groups is 1. The number of amidine groups is 1. The van der Waals surface area contributed by atoms with E-state index < -0.39 is 0 Å². The summed E-state index contributed by atoms with van der Waals surface area (Å²) in [5, 5.41) is 0.745. The summed E-state index contributed by atoms with van der Waals surface area (Å²) in [6, 6.07) is 17.1. The Hall–Kier alpha value is -2.86. The van der Waals surface area contributed by atoms with Crippen LogP contribution in [0.4, 0.5) is 5.69 Å². The SMILES string of the molecule is CCOC(=O)c1ccc(/C=C2\SC(=Nc3ccccc3)N([C@H]3CCCC[C@H]3C)C2=O)cc1. The summed E-state index contributed by atoms with van der Waals surface area (Å²) in [5.74, 6) is 0.114. The first-order valence-corrected chi connectivity index (χ1v) is 12.0. The van der Waals surface area contributed by atoms with Crippen molar-refractivity contribution in [1.29, 1.82) is 0 Å². The predicted molar refractivity (Wildman–Crippen MR) is 130 cm³/mol. The largest absolute Gasteiger partial charge is 0.462 e. The highest BCUT2D eigenvalue weighted by molar-refractivity contribution is 8.18. The first-order chi connectivity index (χ1) is 15.6. The number of ether oxygens (including phenoxy) is 1. The lowest BCUT2D eigenvalue weighted by Crippen LogP contribution is -2.44. The first kappa shape index (κ1) is 22.3. The minimum absolute atomic E-state index is 0.0119. The number of carbonyl (C=O) groups excluding carboxylic acids is 2. The van der Waals surface area contributed by atoms with E-state index in [1.807, 2.05) is 53.4 Å². The second kappa shape index (κ2) is 10.2. The van der Waals surface area contributed by atoms with Crippen LogP contribution in [0.15, 0.2) is 64.5 Å². The molecule has 0 radical (unpaired) electrons. The zero-order valence-electron chi connectivity index (χ0n) is 18.5. The molecule has 0 spiro atoms. The summed E-state index contributed by atoms with van der Waals surface area (Å²) in [7, 11) is 0. The molecule has 4 rings (SSSR count). The second-order valence-corrected chi connectivity index (χ2v) is 9.20. The Balaban J connectivity index is 1.64. The molecular weight excluding hydrogens is 420 g/mol. The third-order valence-corrected chi connectivity index (χ3v) is 6.92. The van der Waals surface area contributed by atoms with E-state index in [1.54, 1.807) is 19.1 Å². The maximum Gasteiger partial charge on any atom is 0.338 e. The van der Waals surface area contributed by atoms with Gasteiger partial charge in [0.2, 0.25) is 0 Å². The number of esters is 1. The molecule has 1 saturated heterocycles. The molecule has 1 aliphatic carbocycles. The van der Waals surface area contributed by atoms with E-state index in [9.17, 15) is 9.59 Å². The van der Waals surface area contributed by atoms with Crippen molar-refractivity contribution >= 4 is 40.6 Å². The van der Waals surface area contributed by atoms with Gasteiger partial charge in [0.15, 0.2) is 5.17 Å². The van der Waals surface area contributed by atoms with Gasteiger partial charge in [-0.25, -0.2) is 9.79 Å². The molecule has 2 atom stereocenters. The Morgan fingerprint density at radius 1 is 1.12 bits per heavy atom. The summed E-state index contributed by atoms with van der Waals surface area (Å²) in [5.41, 5.74) is 2.21. The molecule has 1 heterocycles. The molecule has 2 aromatic rings. The highest BCUT2D eigenvalue weighted by Crippen LogP contribution is 2.40. The number of benzene rings is 2. The topological polar surface area (TPSA) is 59.0 Å². The average molecular weight is 449 g/mol. The van der Waals surface area contributed by atoms with Crippen molar-refractivity contribution in [3.8, 4) is 0 Å². The van der Waals surface area contributed by atoms with Gasteiger partial charge in [0, 0.05) is 6.04 Å². The van der Waals surface area contributed by atoms with E-state index in [2.05, 4.69) is 6.92 Å². The van der Waals surface area contributed by atoms with E-state index in [0.717, 1.165) is 35.7 Å². The van der Waals surface area contributed by atoms with Gasteiger partial charge in [-0.2, -0.15) is 0 Å². The summed E-state index contributed by atoms with van der Waals surface area (Å²) >= 11 is 1.43. The third kappa shape index (κ3) is 4.96. The minimum Gasteiger partial charge on any atom is -0.462 e. The molecule has 166 valence electrons. The summed E-state index contributed by atoms with van der Waals surface area (Å²) in [6.45, 7) is 4.36. The van der Waals surface area contributed by atoms with Crippen LogP contribution in [0.2, 0.25) is 0 Å². The molecule has 2 aromatic carbocycles. The fourth-order valence-corrected chi connectivity index (χ4v) is 5.28. The molecule has 32 heavy (non-hydrogen) atoms. The lowest BCUT2D eigenvalue weighted by Gasteiger charge is -2.35. The molecule has 1 saturated carbocycles. The molecule has 0 unspecified atom stereocenters. The van der Waals surface area contributed by atoms with Crippen LogP contribution in [-0.2, 0) is 9.53 Å². The van der Waals surface area contributed by atoms with Gasteiger partial charge in [-0.1, -0.05) is 50.1 Å². The van der Waals surface area contributed by atoms with Crippen molar-refractivity contribution in [3.63, 3.8) is 0 Å². The van der Waals surface area contributed by atoms with Gasteiger partial charge in [-0.3, -0.25) is 9.69 Å². The van der Waals surface area contributed by atoms with E-state index >= 15 is 0 Å². The third-order valence-electron chi connectivity index (χ3n) is 5.94. The van der Waals surface area contributed by atoms with Gasteiger partial charge < -0.3 is 4.74 Å². The van der Waals surface area contributed by atoms with Crippen LogP contribution < -0.4 is 0 Å². The van der Waals surface area contributed by atoms with Crippen molar-refractivity contribution in [2.24, 2.45) is 10.9 Å². The number of hydrogen-bond acceptors (Lipinski definition) is 5. The Kier molecular flexibility index (Phi) is 7.10. The van der Waals surface area contributed by atoms with E-state index in [4.69, 9.17) is 9.73 Å². The fourth-order valence-electron chi connectivity index (χ4n) is 4.23. The predicted octanol–water partition coefficient (Wildman–Crippen LogP) is 6.05. The van der Waals surface area contributed by atoms with Gasteiger partial charge in [-0.05, 0) is 73.4 Å². The normalized spacial score (nSPS) is 23.7. The van der Waals surface area contributed by atoms with Crippen LogP contribution in [0.3, 0.4) is 0 Å².